The van der Waals surface area contributed by atoms with Crippen molar-refractivity contribution in [1.82, 2.24) is 20.4 Å². The summed E-state index contributed by atoms with van der Waals surface area (Å²) < 4.78 is 10.7. The van der Waals surface area contributed by atoms with E-state index < -0.39 is 0 Å². The second kappa shape index (κ2) is 6.81. The Morgan fingerprint density at radius 2 is 1.95 bits per heavy atom. The molecular weight excluding hydrogens is 284 g/mol. The molecule has 0 unspecified atom stereocenters. The summed E-state index contributed by atoms with van der Waals surface area (Å²) in [6.07, 6.45) is 5.41. The molecule has 1 N–H and O–H groups in total. The van der Waals surface area contributed by atoms with Crippen molar-refractivity contribution in [3.63, 3.8) is 0 Å². The molecule has 22 heavy (non-hydrogen) atoms. The maximum absolute atomic E-state index is 12.2. The van der Waals surface area contributed by atoms with E-state index in [2.05, 4.69) is 15.5 Å². The lowest BCUT2D eigenvalue weighted by Crippen LogP contribution is -2.43. The summed E-state index contributed by atoms with van der Waals surface area (Å²) in [5.74, 6) is 0.917. The minimum absolute atomic E-state index is 0.0267. The number of nitrogens with zero attached hydrogens (tertiary/aromatic N) is 3. The van der Waals surface area contributed by atoms with E-state index in [1.807, 2.05) is 4.90 Å². The van der Waals surface area contributed by atoms with Gasteiger partial charge in [0.2, 0.25) is 11.8 Å². The fourth-order valence-corrected chi connectivity index (χ4v) is 3.00. The van der Waals surface area contributed by atoms with Crippen molar-refractivity contribution in [2.45, 2.75) is 44.2 Å². The van der Waals surface area contributed by atoms with Crippen LogP contribution in [0.5, 0.6) is 11.8 Å². The van der Waals surface area contributed by atoms with Crippen molar-refractivity contribution in [3.8, 4) is 11.8 Å². The second-order valence-electron chi connectivity index (χ2n) is 5.82. The molecule has 2 fully saturated rings. The molecule has 3 rings (SSSR count). The van der Waals surface area contributed by atoms with E-state index in [9.17, 15) is 4.79 Å². The molecule has 2 heterocycles. The molecule has 1 aliphatic carbocycles. The lowest BCUT2D eigenvalue weighted by molar-refractivity contribution is 0.179. The SMILES string of the molecule is COc1ccc(O[C@@H]2CCN(C(=O)NC3CCCC3)C2)nn1. The van der Waals surface area contributed by atoms with Crippen molar-refractivity contribution in [1.29, 1.82) is 0 Å². The number of urea groups is 1. The number of amides is 2. The van der Waals surface area contributed by atoms with E-state index in [1.165, 1.54) is 12.8 Å². The van der Waals surface area contributed by atoms with Crippen LogP contribution in [0.15, 0.2) is 12.1 Å². The van der Waals surface area contributed by atoms with Gasteiger partial charge in [-0.2, -0.15) is 0 Å². The third kappa shape index (κ3) is 3.58. The van der Waals surface area contributed by atoms with Crippen LogP contribution in [0.4, 0.5) is 4.79 Å². The number of rotatable bonds is 4. The van der Waals surface area contributed by atoms with Gasteiger partial charge < -0.3 is 19.7 Å². The molecule has 2 amide bonds. The summed E-state index contributed by atoms with van der Waals surface area (Å²) in [4.78, 5) is 14.0. The Morgan fingerprint density at radius 3 is 2.64 bits per heavy atom. The van der Waals surface area contributed by atoms with Crippen LogP contribution in [0.2, 0.25) is 0 Å². The van der Waals surface area contributed by atoms with Gasteiger partial charge in [-0.05, 0) is 12.8 Å². The molecule has 1 saturated heterocycles. The Labute approximate surface area is 130 Å². The normalized spacial score (nSPS) is 21.9. The highest BCUT2D eigenvalue weighted by atomic mass is 16.5. The Morgan fingerprint density at radius 1 is 1.23 bits per heavy atom. The zero-order valence-electron chi connectivity index (χ0n) is 12.8. The third-order valence-electron chi connectivity index (χ3n) is 4.23. The van der Waals surface area contributed by atoms with Gasteiger partial charge in [0.05, 0.1) is 13.7 Å². The van der Waals surface area contributed by atoms with Gasteiger partial charge in [0, 0.05) is 31.1 Å². The molecule has 2 aliphatic rings. The third-order valence-corrected chi connectivity index (χ3v) is 4.23. The molecule has 1 saturated carbocycles. The topological polar surface area (TPSA) is 76.6 Å². The van der Waals surface area contributed by atoms with E-state index in [0.29, 0.717) is 30.9 Å². The first-order valence-electron chi connectivity index (χ1n) is 7.84. The quantitative estimate of drug-likeness (QED) is 0.914. The molecule has 0 bridgehead atoms. The highest BCUT2D eigenvalue weighted by Crippen LogP contribution is 2.20. The monoisotopic (exact) mass is 306 g/mol. The van der Waals surface area contributed by atoms with Gasteiger partial charge in [-0.1, -0.05) is 12.8 Å². The predicted molar refractivity (Wildman–Crippen MR) is 80.0 cm³/mol. The molecule has 0 radical (unpaired) electrons. The molecule has 1 aliphatic heterocycles. The van der Waals surface area contributed by atoms with E-state index in [1.54, 1.807) is 19.2 Å². The summed E-state index contributed by atoms with van der Waals surface area (Å²) >= 11 is 0. The summed E-state index contributed by atoms with van der Waals surface area (Å²) in [7, 11) is 1.54. The summed E-state index contributed by atoms with van der Waals surface area (Å²) in [5, 5.41) is 10.9. The Kier molecular flexibility index (Phi) is 4.60. The van der Waals surface area contributed by atoms with Crippen LogP contribution >= 0.6 is 0 Å². The van der Waals surface area contributed by atoms with Gasteiger partial charge in [0.15, 0.2) is 0 Å². The van der Waals surface area contributed by atoms with E-state index in [-0.39, 0.29) is 12.1 Å². The highest BCUT2D eigenvalue weighted by Gasteiger charge is 2.29. The van der Waals surface area contributed by atoms with Gasteiger partial charge in [-0.3, -0.25) is 0 Å². The van der Waals surface area contributed by atoms with E-state index in [0.717, 1.165) is 19.3 Å². The molecule has 1 aromatic rings. The zero-order chi connectivity index (χ0) is 15.4. The molecule has 7 nitrogen and oxygen atoms in total. The molecule has 0 aromatic carbocycles. The van der Waals surface area contributed by atoms with Gasteiger partial charge in [0.1, 0.15) is 6.10 Å². The lowest BCUT2D eigenvalue weighted by atomic mass is 10.2. The second-order valence-corrected chi connectivity index (χ2v) is 5.82. The van der Waals surface area contributed by atoms with Crippen LogP contribution in [0.1, 0.15) is 32.1 Å². The first kappa shape index (κ1) is 14.9. The number of nitrogens with one attached hydrogen (secondary N) is 1. The molecule has 1 aromatic heterocycles. The minimum atomic E-state index is -0.0305. The van der Waals surface area contributed by atoms with Crippen LogP contribution in [0, 0.1) is 0 Å². The number of carbonyl (C=O) groups excluding carboxylic acids is 1. The van der Waals surface area contributed by atoms with Crippen LogP contribution in [-0.2, 0) is 0 Å². The minimum Gasteiger partial charge on any atom is -0.480 e. The standard InChI is InChI=1S/C15H22N4O3/c1-21-13-6-7-14(18-17-13)22-12-8-9-19(10-12)15(20)16-11-4-2-3-5-11/h6-7,11-12H,2-5,8-10H2,1H3,(H,16,20)/t12-/m1/s1. The van der Waals surface area contributed by atoms with Crippen LogP contribution in [0.3, 0.4) is 0 Å². The largest absolute Gasteiger partial charge is 0.480 e. The first-order valence-corrected chi connectivity index (χ1v) is 7.84. The summed E-state index contributed by atoms with van der Waals surface area (Å²) in [6.45, 7) is 1.30. The van der Waals surface area contributed by atoms with E-state index in [4.69, 9.17) is 9.47 Å². The smallest absolute Gasteiger partial charge is 0.317 e. The number of ether oxygens (including phenoxy) is 2. The van der Waals surface area contributed by atoms with Crippen LogP contribution in [-0.4, -0.2) is 53.5 Å². The van der Waals surface area contributed by atoms with Gasteiger partial charge in [-0.15, -0.1) is 10.2 Å². The fraction of sp³-hybridized carbons (Fsp3) is 0.667. The Bertz CT molecular complexity index is 502. The van der Waals surface area contributed by atoms with Gasteiger partial charge in [0.25, 0.3) is 0 Å². The van der Waals surface area contributed by atoms with Crippen molar-refractivity contribution in [3.05, 3.63) is 12.1 Å². The van der Waals surface area contributed by atoms with E-state index >= 15 is 0 Å². The van der Waals surface area contributed by atoms with Crippen molar-refractivity contribution >= 4 is 6.03 Å². The maximum atomic E-state index is 12.2. The number of likely N-dealkylation sites (tertiary alicyclic amines) is 1. The molecular formula is C15H22N4O3. The molecule has 120 valence electrons. The number of methoxy groups -OCH3 is 1. The number of carbonyl (C=O) groups is 1. The van der Waals surface area contributed by atoms with Gasteiger partial charge >= 0.3 is 6.03 Å². The van der Waals surface area contributed by atoms with Gasteiger partial charge in [-0.25, -0.2) is 4.79 Å². The fourth-order valence-electron chi connectivity index (χ4n) is 3.00. The zero-order valence-corrected chi connectivity index (χ0v) is 12.8. The molecule has 7 heteroatoms. The Balaban J connectivity index is 1.47. The summed E-state index contributed by atoms with van der Waals surface area (Å²) in [5.41, 5.74) is 0. The number of hydrogen-bond acceptors (Lipinski definition) is 5. The van der Waals surface area contributed by atoms with Crippen molar-refractivity contribution in [2.24, 2.45) is 0 Å². The van der Waals surface area contributed by atoms with Crippen LogP contribution in [0.25, 0.3) is 0 Å². The number of aromatic nitrogens is 2. The molecule has 0 spiro atoms. The summed E-state index contributed by atoms with van der Waals surface area (Å²) in [6, 6.07) is 3.81. The highest BCUT2D eigenvalue weighted by molar-refractivity contribution is 5.74. The van der Waals surface area contributed by atoms with Crippen molar-refractivity contribution < 1.29 is 14.3 Å². The first-order chi connectivity index (χ1) is 10.7. The average molecular weight is 306 g/mol. The average Bonchev–Trinajstić information content (AvgIpc) is 3.20. The number of hydrogen-bond donors (Lipinski definition) is 1. The Hall–Kier alpha value is -2.05. The molecule has 1 atom stereocenters. The van der Waals surface area contributed by atoms with Crippen molar-refractivity contribution in [2.75, 3.05) is 20.2 Å². The lowest BCUT2D eigenvalue weighted by Gasteiger charge is -2.20. The predicted octanol–water partition coefficient (Wildman–Crippen LogP) is 1.59. The van der Waals surface area contributed by atoms with Crippen LogP contribution < -0.4 is 14.8 Å². The maximum Gasteiger partial charge on any atom is 0.317 e.